The smallest absolute Gasteiger partial charge is 0.314 e. The van der Waals surface area contributed by atoms with E-state index in [1.54, 1.807) is 0 Å². The molecule has 1 aliphatic carbocycles. The van der Waals surface area contributed by atoms with Crippen LogP contribution in [0.4, 0.5) is 5.69 Å². The number of aromatic nitrogens is 2. The summed E-state index contributed by atoms with van der Waals surface area (Å²) in [5.41, 5.74) is -1.12. The summed E-state index contributed by atoms with van der Waals surface area (Å²) in [6.07, 6.45) is 3.02. The minimum absolute atomic E-state index is 0. The monoisotopic (exact) mass is 442 g/mol. The van der Waals surface area contributed by atoms with Gasteiger partial charge in [0.05, 0.1) is 21.9 Å². The van der Waals surface area contributed by atoms with Gasteiger partial charge in [0, 0.05) is 24.7 Å². The number of aliphatic carboxylic acids is 1. The number of nitrogens with zero attached hydrogens (tertiary/aromatic N) is 1. The molecule has 1 aliphatic rings. The molecule has 1 aromatic carbocycles. The van der Waals surface area contributed by atoms with Crippen LogP contribution >= 0.6 is 17.0 Å². The van der Waals surface area contributed by atoms with Crippen LogP contribution in [0.3, 0.4) is 0 Å². The van der Waals surface area contributed by atoms with E-state index in [2.05, 4.69) is 15.3 Å². The van der Waals surface area contributed by atoms with E-state index in [9.17, 15) is 29.6 Å². The third-order valence-electron chi connectivity index (χ3n) is 4.75. The van der Waals surface area contributed by atoms with Gasteiger partial charge in [0.2, 0.25) is 0 Å². The van der Waals surface area contributed by atoms with Crippen LogP contribution in [-0.2, 0) is 11.3 Å². The Kier molecular flexibility index (Phi) is 6.50. The molecule has 4 N–H and O–H groups in total. The molecule has 1 aromatic heterocycles. The van der Waals surface area contributed by atoms with Gasteiger partial charge >= 0.3 is 17.1 Å². The van der Waals surface area contributed by atoms with Crippen molar-refractivity contribution in [2.45, 2.75) is 38.3 Å². The van der Waals surface area contributed by atoms with Crippen molar-refractivity contribution in [1.29, 1.82) is 0 Å². The first kappa shape index (κ1) is 20.8. The zero-order valence-electron chi connectivity index (χ0n) is 14.2. The topological polar surface area (TPSA) is 158 Å². The number of fused-ring (bicyclic) bond motifs is 1. The van der Waals surface area contributed by atoms with Gasteiger partial charge in [-0.2, -0.15) is 0 Å². The number of halogens is 1. The average Bonchev–Trinajstić information content (AvgIpc) is 2.60. The number of benzene rings is 1. The number of rotatable bonds is 5. The van der Waals surface area contributed by atoms with Crippen molar-refractivity contribution in [2.75, 3.05) is 0 Å². The SMILES string of the molecule is Br.O=C(O)C1CCCCC1NCc1cc([N+](=O)[O-])cc2[nH]c(=O)c(=O)[nH]c12. The second-order valence-electron chi connectivity index (χ2n) is 6.41. The number of nitro groups is 1. The van der Waals surface area contributed by atoms with Gasteiger partial charge in [-0.1, -0.05) is 12.8 Å². The Morgan fingerprint density at radius 3 is 2.56 bits per heavy atom. The Morgan fingerprint density at radius 2 is 1.89 bits per heavy atom. The molecular weight excluding hydrogens is 424 g/mol. The van der Waals surface area contributed by atoms with Crippen molar-refractivity contribution in [2.24, 2.45) is 5.92 Å². The first-order valence-corrected chi connectivity index (χ1v) is 8.26. The van der Waals surface area contributed by atoms with Gasteiger partial charge in [0.1, 0.15) is 0 Å². The number of non-ortho nitro benzene ring substituents is 1. The van der Waals surface area contributed by atoms with Crippen molar-refractivity contribution in [3.05, 3.63) is 48.5 Å². The van der Waals surface area contributed by atoms with Crippen LogP contribution in [0, 0.1) is 16.0 Å². The molecule has 1 heterocycles. The first-order chi connectivity index (χ1) is 12.4. The maximum Gasteiger partial charge on any atom is 0.314 e. The zero-order valence-corrected chi connectivity index (χ0v) is 15.9. The zero-order chi connectivity index (χ0) is 18.8. The maximum absolute atomic E-state index is 11.6. The van der Waals surface area contributed by atoms with Crippen molar-refractivity contribution < 1.29 is 14.8 Å². The molecule has 2 atom stereocenters. The number of carboxylic acids is 1. The lowest BCUT2D eigenvalue weighted by Crippen LogP contribution is -2.42. The van der Waals surface area contributed by atoms with Gasteiger partial charge in [-0.3, -0.25) is 24.5 Å². The fourth-order valence-corrected chi connectivity index (χ4v) is 3.44. The molecule has 0 saturated heterocycles. The molecule has 0 aliphatic heterocycles. The highest BCUT2D eigenvalue weighted by Crippen LogP contribution is 2.26. The largest absolute Gasteiger partial charge is 0.481 e. The van der Waals surface area contributed by atoms with E-state index in [1.807, 2.05) is 0 Å². The maximum atomic E-state index is 11.6. The lowest BCUT2D eigenvalue weighted by molar-refractivity contribution is -0.384. The number of carboxylic acid groups (broad SMARTS) is 1. The summed E-state index contributed by atoms with van der Waals surface area (Å²) in [4.78, 5) is 49.8. The van der Waals surface area contributed by atoms with E-state index in [0.29, 0.717) is 18.4 Å². The van der Waals surface area contributed by atoms with Crippen LogP contribution in [0.1, 0.15) is 31.2 Å². The van der Waals surface area contributed by atoms with E-state index in [-0.39, 0.29) is 46.3 Å². The van der Waals surface area contributed by atoms with Crippen LogP contribution in [0.2, 0.25) is 0 Å². The fourth-order valence-electron chi connectivity index (χ4n) is 3.44. The number of hydrogen-bond acceptors (Lipinski definition) is 6. The molecule has 10 nitrogen and oxygen atoms in total. The normalized spacial score (nSPS) is 19.4. The summed E-state index contributed by atoms with van der Waals surface area (Å²) in [6.45, 7) is 0.134. The van der Waals surface area contributed by atoms with Crippen LogP contribution in [0.15, 0.2) is 21.7 Å². The van der Waals surface area contributed by atoms with Gasteiger partial charge in [0.25, 0.3) is 5.69 Å². The van der Waals surface area contributed by atoms with Gasteiger partial charge in [-0.25, -0.2) is 0 Å². The van der Waals surface area contributed by atoms with Gasteiger partial charge in [-0.05, 0) is 18.4 Å². The third kappa shape index (κ3) is 4.42. The van der Waals surface area contributed by atoms with E-state index >= 15 is 0 Å². The molecule has 27 heavy (non-hydrogen) atoms. The molecule has 0 spiro atoms. The summed E-state index contributed by atoms with van der Waals surface area (Å²) in [5.74, 6) is -1.39. The number of H-pyrrole nitrogens is 2. The molecule has 0 radical (unpaired) electrons. The average molecular weight is 443 g/mol. The van der Waals surface area contributed by atoms with Crippen LogP contribution in [0.25, 0.3) is 11.0 Å². The van der Waals surface area contributed by atoms with E-state index in [0.717, 1.165) is 12.8 Å². The predicted octanol–water partition coefficient (Wildman–Crippen LogP) is 1.44. The molecule has 0 bridgehead atoms. The highest BCUT2D eigenvalue weighted by Gasteiger charge is 2.30. The van der Waals surface area contributed by atoms with Crippen LogP contribution in [-0.4, -0.2) is 32.0 Å². The molecule has 2 aromatic rings. The Labute approximate surface area is 162 Å². The number of nitro benzene ring substituents is 1. The minimum atomic E-state index is -0.893. The lowest BCUT2D eigenvalue weighted by atomic mass is 9.84. The molecule has 3 rings (SSSR count). The summed E-state index contributed by atoms with van der Waals surface area (Å²) in [6, 6.07) is 2.23. The molecule has 0 amide bonds. The van der Waals surface area contributed by atoms with Gasteiger partial charge in [-0.15, -0.1) is 17.0 Å². The highest BCUT2D eigenvalue weighted by atomic mass is 79.9. The Hall–Kier alpha value is -2.53. The Morgan fingerprint density at radius 1 is 1.22 bits per heavy atom. The molecule has 1 fully saturated rings. The number of nitrogens with one attached hydrogen (secondary N) is 3. The minimum Gasteiger partial charge on any atom is -0.481 e. The van der Waals surface area contributed by atoms with E-state index in [4.69, 9.17) is 0 Å². The Bertz CT molecular complexity index is 985. The first-order valence-electron chi connectivity index (χ1n) is 8.26. The standard InChI is InChI=1S/C16H18N4O6.BrH/c21-14-15(22)19-13-8(5-9(20(25)26)6-12(13)18-14)7-17-11-4-2-1-3-10(11)16(23)24;/h5-6,10-11,17H,1-4,7H2,(H,18,21)(H,19,22)(H,23,24);1H. The molecule has 1 saturated carbocycles. The second kappa shape index (κ2) is 8.44. The number of hydrogen-bond donors (Lipinski definition) is 4. The predicted molar refractivity (Wildman–Crippen MR) is 102 cm³/mol. The summed E-state index contributed by atoms with van der Waals surface area (Å²) >= 11 is 0. The molecule has 2 unspecified atom stereocenters. The quantitative estimate of drug-likeness (QED) is 0.309. The number of aromatic amines is 2. The number of carbonyl (C=O) groups is 1. The van der Waals surface area contributed by atoms with E-state index in [1.165, 1.54) is 12.1 Å². The van der Waals surface area contributed by atoms with Gasteiger partial charge in [0.15, 0.2) is 0 Å². The van der Waals surface area contributed by atoms with E-state index < -0.39 is 27.9 Å². The summed E-state index contributed by atoms with van der Waals surface area (Å²) in [5, 5.41) is 23.6. The van der Waals surface area contributed by atoms with Crippen molar-refractivity contribution in [3.8, 4) is 0 Å². The highest BCUT2D eigenvalue weighted by molar-refractivity contribution is 8.93. The van der Waals surface area contributed by atoms with Crippen LogP contribution < -0.4 is 16.4 Å². The summed E-state index contributed by atoms with van der Waals surface area (Å²) in [7, 11) is 0. The van der Waals surface area contributed by atoms with Crippen molar-refractivity contribution in [1.82, 2.24) is 15.3 Å². The van der Waals surface area contributed by atoms with Crippen LogP contribution in [0.5, 0.6) is 0 Å². The molecular formula is C16H19BrN4O6. The molecule has 11 heteroatoms. The second-order valence-corrected chi connectivity index (χ2v) is 6.41. The Balaban J connectivity index is 0.00000261. The van der Waals surface area contributed by atoms with Crippen molar-refractivity contribution in [3.63, 3.8) is 0 Å². The third-order valence-corrected chi connectivity index (χ3v) is 4.75. The molecule has 146 valence electrons. The van der Waals surface area contributed by atoms with Crippen molar-refractivity contribution >= 4 is 39.7 Å². The van der Waals surface area contributed by atoms with Gasteiger partial charge < -0.3 is 20.4 Å². The summed E-state index contributed by atoms with van der Waals surface area (Å²) < 4.78 is 0. The fraction of sp³-hybridized carbons (Fsp3) is 0.438. The lowest BCUT2D eigenvalue weighted by Gasteiger charge is -2.29.